The minimum Gasteiger partial charge on any atom is -0.342 e. The maximum Gasteiger partial charge on any atom is 0.251 e. The molecular formula is C27H29ClN6O2S2. The van der Waals surface area contributed by atoms with E-state index in [-0.39, 0.29) is 29.5 Å². The van der Waals surface area contributed by atoms with Gasteiger partial charge in [0.15, 0.2) is 16.1 Å². The predicted molar refractivity (Wildman–Crippen MR) is 154 cm³/mol. The predicted octanol–water partition coefficient (Wildman–Crippen LogP) is 6.24. The van der Waals surface area contributed by atoms with E-state index in [2.05, 4.69) is 25.8 Å². The van der Waals surface area contributed by atoms with E-state index >= 15 is 0 Å². The van der Waals surface area contributed by atoms with Crippen LogP contribution in [-0.4, -0.2) is 37.3 Å². The first kappa shape index (κ1) is 27.8. The van der Waals surface area contributed by atoms with Crippen molar-refractivity contribution in [1.29, 1.82) is 0 Å². The summed E-state index contributed by atoms with van der Waals surface area (Å²) in [5, 5.41) is 18.4. The second-order valence-corrected chi connectivity index (χ2v) is 11.3. The molecule has 0 unspecified atom stereocenters. The molecule has 2 N–H and O–H groups in total. The van der Waals surface area contributed by atoms with Crippen LogP contribution in [0.3, 0.4) is 0 Å². The number of nitrogens with one attached hydrogen (secondary N) is 2. The lowest BCUT2D eigenvalue weighted by Gasteiger charge is -2.22. The molecule has 0 aliphatic heterocycles. The number of benzene rings is 2. The van der Waals surface area contributed by atoms with Crippen LogP contribution in [0.2, 0.25) is 5.02 Å². The van der Waals surface area contributed by atoms with E-state index in [1.54, 1.807) is 12.1 Å². The maximum absolute atomic E-state index is 12.9. The Bertz CT molecular complexity index is 1400. The minimum absolute atomic E-state index is 0.0831. The number of aryl methyl sites for hydroxylation is 1. The number of hydrogen-bond acceptors (Lipinski definition) is 7. The molecule has 4 rings (SSSR count). The van der Waals surface area contributed by atoms with E-state index in [1.807, 2.05) is 74.0 Å². The van der Waals surface area contributed by atoms with Gasteiger partial charge in [0.05, 0.1) is 17.5 Å². The second kappa shape index (κ2) is 12.6. The van der Waals surface area contributed by atoms with Crippen molar-refractivity contribution in [1.82, 2.24) is 25.1 Å². The molecule has 0 aliphatic rings. The number of thioether (sulfide) groups is 1. The fourth-order valence-electron chi connectivity index (χ4n) is 3.76. The highest BCUT2D eigenvalue weighted by Crippen LogP contribution is 2.28. The van der Waals surface area contributed by atoms with Gasteiger partial charge in [-0.2, -0.15) is 0 Å². The Morgan fingerprint density at radius 2 is 1.79 bits per heavy atom. The highest BCUT2D eigenvalue weighted by Gasteiger charge is 2.26. The van der Waals surface area contributed by atoms with E-state index in [9.17, 15) is 9.59 Å². The molecule has 2 aromatic heterocycles. The lowest BCUT2D eigenvalue weighted by molar-refractivity contribution is -0.113. The third kappa shape index (κ3) is 6.80. The average molecular weight is 569 g/mol. The zero-order valence-corrected chi connectivity index (χ0v) is 24.0. The van der Waals surface area contributed by atoms with Crippen molar-refractivity contribution in [3.8, 4) is 11.3 Å². The molecule has 0 aliphatic carbocycles. The van der Waals surface area contributed by atoms with Crippen molar-refractivity contribution in [2.75, 3.05) is 11.1 Å². The lowest BCUT2D eigenvalue weighted by atomic mass is 10.0. The van der Waals surface area contributed by atoms with E-state index < -0.39 is 0 Å². The highest BCUT2D eigenvalue weighted by atomic mass is 35.5. The number of nitrogens with zero attached hydrogens (tertiary/aromatic N) is 4. The van der Waals surface area contributed by atoms with Crippen molar-refractivity contribution < 1.29 is 9.59 Å². The van der Waals surface area contributed by atoms with Crippen LogP contribution in [0.15, 0.2) is 59.1 Å². The van der Waals surface area contributed by atoms with Gasteiger partial charge >= 0.3 is 0 Å². The molecule has 0 spiro atoms. The molecule has 8 nitrogen and oxygen atoms in total. The number of anilines is 1. The standard InChI is InChI=1S/C27H29ClN6O2S2/c1-5-34-24(23(16(2)3)31-25(36)19-8-6-17(4)7-9-19)32-33-27(34)38-15-22(35)30-26-29-21(14-37-26)18-10-12-20(28)13-11-18/h6-14,16,23H,5,15H2,1-4H3,(H,31,36)(H,29,30,35)/t23-/m1/s1. The molecule has 0 radical (unpaired) electrons. The quantitative estimate of drug-likeness (QED) is 0.219. The Kier molecular flexibility index (Phi) is 9.19. The van der Waals surface area contributed by atoms with Crippen molar-refractivity contribution in [3.63, 3.8) is 0 Å². The topological polar surface area (TPSA) is 102 Å². The third-order valence-corrected chi connectivity index (χ3v) is 7.81. The Morgan fingerprint density at radius 3 is 2.45 bits per heavy atom. The number of amides is 2. The van der Waals surface area contributed by atoms with Crippen molar-refractivity contribution in [2.24, 2.45) is 5.92 Å². The largest absolute Gasteiger partial charge is 0.342 e. The van der Waals surface area contributed by atoms with Gasteiger partial charge in [-0.25, -0.2) is 4.98 Å². The second-order valence-electron chi connectivity index (χ2n) is 9.03. The molecule has 4 aromatic rings. The van der Waals surface area contributed by atoms with Gasteiger partial charge in [0, 0.05) is 28.1 Å². The summed E-state index contributed by atoms with van der Waals surface area (Å²) in [5.74, 6) is 0.547. The van der Waals surface area contributed by atoms with Crippen LogP contribution in [-0.2, 0) is 11.3 Å². The zero-order chi connectivity index (χ0) is 27.2. The summed E-state index contributed by atoms with van der Waals surface area (Å²) >= 11 is 8.62. The molecule has 0 saturated heterocycles. The van der Waals surface area contributed by atoms with Crippen LogP contribution < -0.4 is 10.6 Å². The summed E-state index contributed by atoms with van der Waals surface area (Å²) in [6, 6.07) is 14.5. The number of halogens is 1. The van der Waals surface area contributed by atoms with Crippen molar-refractivity contribution in [3.05, 3.63) is 75.9 Å². The number of aromatic nitrogens is 4. The summed E-state index contributed by atoms with van der Waals surface area (Å²) in [4.78, 5) is 30.1. The average Bonchev–Trinajstić information content (AvgIpc) is 3.53. The molecule has 2 amide bonds. The molecule has 0 bridgehead atoms. The monoisotopic (exact) mass is 568 g/mol. The summed E-state index contributed by atoms with van der Waals surface area (Å²) in [6.07, 6.45) is 0. The molecule has 198 valence electrons. The van der Waals surface area contributed by atoms with Crippen LogP contribution in [0.5, 0.6) is 0 Å². The van der Waals surface area contributed by atoms with E-state index in [4.69, 9.17) is 11.6 Å². The first-order valence-corrected chi connectivity index (χ1v) is 14.4. The van der Waals surface area contributed by atoms with Crippen LogP contribution >= 0.6 is 34.7 Å². The van der Waals surface area contributed by atoms with Gasteiger partial charge < -0.3 is 15.2 Å². The molecular weight excluding hydrogens is 540 g/mol. The molecule has 1 atom stereocenters. The number of hydrogen-bond donors (Lipinski definition) is 2. The third-order valence-electron chi connectivity index (χ3n) is 5.83. The molecule has 2 aromatic carbocycles. The zero-order valence-electron chi connectivity index (χ0n) is 21.6. The van der Waals surface area contributed by atoms with Crippen molar-refractivity contribution >= 4 is 51.6 Å². The Balaban J connectivity index is 1.40. The molecule has 2 heterocycles. The van der Waals surface area contributed by atoms with Crippen LogP contribution in [0.1, 0.15) is 48.6 Å². The van der Waals surface area contributed by atoms with Crippen LogP contribution in [0, 0.1) is 12.8 Å². The van der Waals surface area contributed by atoms with Gasteiger partial charge in [0.25, 0.3) is 5.91 Å². The smallest absolute Gasteiger partial charge is 0.251 e. The van der Waals surface area contributed by atoms with Gasteiger partial charge in [-0.1, -0.05) is 67.0 Å². The maximum atomic E-state index is 12.9. The minimum atomic E-state index is -0.332. The number of carbonyl (C=O) groups is 2. The normalized spacial score (nSPS) is 11.9. The van der Waals surface area contributed by atoms with Crippen molar-refractivity contribution in [2.45, 2.75) is 45.4 Å². The van der Waals surface area contributed by atoms with Gasteiger partial charge in [-0.15, -0.1) is 21.5 Å². The number of carbonyl (C=O) groups excluding carboxylic acids is 2. The Hall–Kier alpha value is -3.21. The lowest BCUT2D eigenvalue weighted by Crippen LogP contribution is -2.33. The number of rotatable bonds is 10. The fourth-order valence-corrected chi connectivity index (χ4v) is 5.43. The first-order chi connectivity index (χ1) is 18.2. The fraction of sp³-hybridized carbons (Fsp3) is 0.296. The van der Waals surface area contributed by atoms with Gasteiger partial charge in [0.2, 0.25) is 5.91 Å². The van der Waals surface area contributed by atoms with E-state index in [0.29, 0.717) is 33.2 Å². The summed E-state index contributed by atoms with van der Waals surface area (Å²) in [6.45, 7) is 8.64. The van der Waals surface area contributed by atoms with E-state index in [1.165, 1.54) is 23.1 Å². The summed E-state index contributed by atoms with van der Waals surface area (Å²) in [7, 11) is 0. The van der Waals surface area contributed by atoms with E-state index in [0.717, 1.165) is 16.8 Å². The molecule has 0 fully saturated rings. The Morgan fingerprint density at radius 1 is 1.08 bits per heavy atom. The number of thiazole rings is 1. The molecule has 38 heavy (non-hydrogen) atoms. The van der Waals surface area contributed by atoms with Gasteiger partial charge in [-0.3, -0.25) is 9.59 Å². The summed E-state index contributed by atoms with van der Waals surface area (Å²) in [5.41, 5.74) is 3.39. The van der Waals surface area contributed by atoms with Gasteiger partial charge in [-0.05, 0) is 44.0 Å². The Labute approximate surface area is 235 Å². The molecule has 0 saturated carbocycles. The van der Waals surface area contributed by atoms with Gasteiger partial charge in [0.1, 0.15) is 0 Å². The molecule has 11 heteroatoms. The highest BCUT2D eigenvalue weighted by molar-refractivity contribution is 7.99. The van der Waals surface area contributed by atoms with Crippen LogP contribution in [0.25, 0.3) is 11.3 Å². The SMILES string of the molecule is CCn1c(SCC(=O)Nc2nc(-c3ccc(Cl)cc3)cs2)nnc1[C@H](NC(=O)c1ccc(C)cc1)C(C)C. The first-order valence-electron chi connectivity index (χ1n) is 12.2. The summed E-state index contributed by atoms with van der Waals surface area (Å²) < 4.78 is 1.94. The van der Waals surface area contributed by atoms with Crippen LogP contribution in [0.4, 0.5) is 5.13 Å².